The van der Waals surface area contributed by atoms with E-state index >= 15 is 0 Å². The number of hydrogen-bond acceptors (Lipinski definition) is 5. The molecule has 0 heterocycles. The van der Waals surface area contributed by atoms with Crippen molar-refractivity contribution in [1.29, 1.82) is 0 Å². The Morgan fingerprint density at radius 2 is 2.04 bits per heavy atom. The molecule has 0 fully saturated rings. The molecule has 9 heteroatoms. The van der Waals surface area contributed by atoms with Crippen LogP contribution in [0, 0.1) is 6.92 Å². The molecule has 3 N–H and O–H groups in total. The predicted molar refractivity (Wildman–Crippen MR) is 108 cm³/mol. The Balaban J connectivity index is 1.92. The highest BCUT2D eigenvalue weighted by atomic mass is 79.9. The number of halogens is 2. The zero-order valence-electron chi connectivity index (χ0n) is 14.5. The molecule has 2 aromatic rings. The third-order valence-electron chi connectivity index (χ3n) is 3.46. The number of ether oxygens (including phenoxy) is 1. The fourth-order valence-electron chi connectivity index (χ4n) is 2.08. The first-order valence-corrected chi connectivity index (χ1v) is 8.91. The summed E-state index contributed by atoms with van der Waals surface area (Å²) in [6, 6.07) is 8.25. The second-order valence-corrected chi connectivity index (χ2v) is 6.85. The molecule has 0 bridgehead atoms. The van der Waals surface area contributed by atoms with Crippen molar-refractivity contribution in [2.75, 3.05) is 12.4 Å². The van der Waals surface area contributed by atoms with Gasteiger partial charge in [0.05, 0.1) is 13.3 Å². The van der Waals surface area contributed by atoms with Crippen LogP contribution in [0.4, 0.5) is 5.69 Å². The number of phenolic OH excluding ortho intramolecular Hbond substituents is 1. The Hall–Kier alpha value is -2.58. The summed E-state index contributed by atoms with van der Waals surface area (Å²) in [4.78, 5) is 23.7. The Kier molecular flexibility index (Phi) is 7.20. The highest BCUT2D eigenvalue weighted by Gasteiger charge is 2.11. The zero-order valence-corrected chi connectivity index (χ0v) is 16.9. The molecule has 2 amide bonds. The van der Waals surface area contributed by atoms with Crippen LogP contribution >= 0.6 is 27.5 Å². The number of phenols is 1. The fraction of sp³-hybridized carbons (Fsp3) is 0.167. The predicted octanol–water partition coefficient (Wildman–Crippen LogP) is 3.60. The molecule has 0 spiro atoms. The number of aryl methyl sites for hydroxylation is 1. The van der Waals surface area contributed by atoms with E-state index in [1.165, 1.54) is 13.3 Å². The van der Waals surface area contributed by atoms with E-state index in [2.05, 4.69) is 31.8 Å². The number of nitrogens with zero attached hydrogens (tertiary/aromatic N) is 1. The van der Waals surface area contributed by atoms with Crippen LogP contribution in [-0.4, -0.2) is 30.2 Å². The fourth-order valence-corrected chi connectivity index (χ4v) is 2.72. The van der Waals surface area contributed by atoms with Gasteiger partial charge < -0.3 is 15.2 Å². The molecule has 0 aliphatic rings. The van der Waals surface area contributed by atoms with Crippen molar-refractivity contribution in [3.8, 4) is 11.5 Å². The topological polar surface area (TPSA) is 100 Å². The highest BCUT2D eigenvalue weighted by molar-refractivity contribution is 9.10. The van der Waals surface area contributed by atoms with Crippen molar-refractivity contribution in [3.05, 3.63) is 51.0 Å². The van der Waals surface area contributed by atoms with Crippen molar-refractivity contribution >= 4 is 51.2 Å². The van der Waals surface area contributed by atoms with Crippen LogP contribution in [0.1, 0.15) is 17.5 Å². The van der Waals surface area contributed by atoms with Gasteiger partial charge in [-0.15, -0.1) is 0 Å². The van der Waals surface area contributed by atoms with Gasteiger partial charge in [0.2, 0.25) is 11.8 Å². The van der Waals surface area contributed by atoms with Gasteiger partial charge in [0.1, 0.15) is 6.42 Å². The molecule has 0 aliphatic heterocycles. The van der Waals surface area contributed by atoms with Crippen molar-refractivity contribution in [2.45, 2.75) is 13.3 Å². The van der Waals surface area contributed by atoms with Gasteiger partial charge in [0.15, 0.2) is 11.5 Å². The molecule has 0 atom stereocenters. The second-order valence-electron chi connectivity index (χ2n) is 5.53. The number of rotatable bonds is 6. The summed E-state index contributed by atoms with van der Waals surface area (Å²) in [6.45, 7) is 1.85. The molecule has 0 unspecified atom stereocenters. The van der Waals surface area contributed by atoms with Crippen molar-refractivity contribution in [2.24, 2.45) is 5.10 Å². The van der Waals surface area contributed by atoms with Crippen LogP contribution in [0.3, 0.4) is 0 Å². The van der Waals surface area contributed by atoms with E-state index in [9.17, 15) is 14.7 Å². The minimum absolute atomic E-state index is 0.118. The molecule has 2 aromatic carbocycles. The van der Waals surface area contributed by atoms with Crippen molar-refractivity contribution in [3.63, 3.8) is 0 Å². The van der Waals surface area contributed by atoms with Gasteiger partial charge in [-0.2, -0.15) is 5.10 Å². The van der Waals surface area contributed by atoms with Crippen molar-refractivity contribution < 1.29 is 19.4 Å². The van der Waals surface area contributed by atoms with E-state index in [0.29, 0.717) is 20.7 Å². The SMILES string of the molecule is COc1cc(Br)cc(C=NNC(=O)CC(=O)Nc2ccc(C)c(Cl)c2)c1O. The van der Waals surface area contributed by atoms with Crippen LogP contribution < -0.4 is 15.5 Å². The van der Waals surface area contributed by atoms with Gasteiger partial charge in [-0.25, -0.2) is 5.43 Å². The standard InChI is InChI=1S/C18H17BrClN3O4/c1-10-3-4-13(7-14(10)20)22-16(24)8-17(25)23-21-9-11-5-12(19)6-15(27-2)18(11)26/h3-7,9,26H,8H2,1-2H3,(H,22,24)(H,23,25). The number of aromatic hydroxyl groups is 1. The maximum absolute atomic E-state index is 11.9. The lowest BCUT2D eigenvalue weighted by Crippen LogP contribution is -2.24. The number of amides is 2. The lowest BCUT2D eigenvalue weighted by atomic mass is 10.2. The highest BCUT2D eigenvalue weighted by Crippen LogP contribution is 2.32. The monoisotopic (exact) mass is 453 g/mol. The van der Waals surface area contributed by atoms with Gasteiger partial charge in [-0.1, -0.05) is 33.6 Å². The van der Waals surface area contributed by atoms with E-state index in [-0.39, 0.29) is 11.5 Å². The third kappa shape index (κ3) is 5.97. The van der Waals surface area contributed by atoms with E-state index in [4.69, 9.17) is 16.3 Å². The molecule has 0 aromatic heterocycles. The number of carbonyl (C=O) groups excluding carboxylic acids is 2. The Bertz CT molecular complexity index is 902. The number of nitrogens with one attached hydrogen (secondary N) is 2. The molecule has 142 valence electrons. The van der Waals surface area contributed by atoms with Crippen LogP contribution in [-0.2, 0) is 9.59 Å². The van der Waals surface area contributed by atoms with Gasteiger partial charge in [0.25, 0.3) is 0 Å². The van der Waals surface area contributed by atoms with E-state index in [1.54, 1.807) is 30.3 Å². The number of benzene rings is 2. The number of hydrogen-bond donors (Lipinski definition) is 3. The molecule has 27 heavy (non-hydrogen) atoms. The van der Waals surface area contributed by atoms with Gasteiger partial charge in [-0.05, 0) is 36.8 Å². The maximum atomic E-state index is 11.9. The maximum Gasteiger partial charge on any atom is 0.249 e. The molecule has 0 saturated carbocycles. The molecule has 0 radical (unpaired) electrons. The lowest BCUT2D eigenvalue weighted by Gasteiger charge is -2.07. The summed E-state index contributed by atoms with van der Waals surface area (Å²) in [5, 5.41) is 16.8. The number of hydrazone groups is 1. The molecular formula is C18H17BrClN3O4. The summed E-state index contributed by atoms with van der Waals surface area (Å²) >= 11 is 9.27. The normalized spacial score (nSPS) is 10.7. The quantitative estimate of drug-likeness (QED) is 0.353. The summed E-state index contributed by atoms with van der Waals surface area (Å²) in [5.74, 6) is -0.973. The summed E-state index contributed by atoms with van der Waals surface area (Å²) in [5.41, 5.74) is 3.94. The van der Waals surface area contributed by atoms with Crippen LogP contribution in [0.15, 0.2) is 39.9 Å². The molecule has 0 aliphatic carbocycles. The van der Waals surface area contributed by atoms with Crippen LogP contribution in [0.5, 0.6) is 11.5 Å². The minimum Gasteiger partial charge on any atom is -0.504 e. The average molecular weight is 455 g/mol. The van der Waals surface area contributed by atoms with Crippen LogP contribution in [0.25, 0.3) is 0 Å². The average Bonchev–Trinajstić information content (AvgIpc) is 2.60. The Morgan fingerprint density at radius 3 is 2.70 bits per heavy atom. The number of methoxy groups -OCH3 is 1. The Morgan fingerprint density at radius 1 is 1.30 bits per heavy atom. The zero-order chi connectivity index (χ0) is 20.0. The largest absolute Gasteiger partial charge is 0.504 e. The first-order valence-electron chi connectivity index (χ1n) is 7.74. The Labute approximate surface area is 169 Å². The lowest BCUT2D eigenvalue weighted by molar-refractivity contribution is -0.126. The van der Waals surface area contributed by atoms with Gasteiger partial charge in [-0.3, -0.25) is 9.59 Å². The molecule has 7 nitrogen and oxygen atoms in total. The number of anilines is 1. The summed E-state index contributed by atoms with van der Waals surface area (Å²) in [7, 11) is 1.42. The molecule has 2 rings (SSSR count). The smallest absolute Gasteiger partial charge is 0.249 e. The number of carbonyl (C=O) groups is 2. The summed E-state index contributed by atoms with van der Waals surface area (Å²) in [6.07, 6.45) is 0.828. The molecule has 0 saturated heterocycles. The minimum atomic E-state index is -0.608. The van der Waals surface area contributed by atoms with E-state index in [1.807, 2.05) is 6.92 Å². The molecular weight excluding hydrogens is 438 g/mol. The third-order valence-corrected chi connectivity index (χ3v) is 4.32. The van der Waals surface area contributed by atoms with E-state index < -0.39 is 18.2 Å². The summed E-state index contributed by atoms with van der Waals surface area (Å²) < 4.78 is 5.70. The first kappa shape index (κ1) is 20.7. The van der Waals surface area contributed by atoms with Gasteiger partial charge >= 0.3 is 0 Å². The first-order chi connectivity index (χ1) is 12.8. The second kappa shape index (κ2) is 9.38. The van der Waals surface area contributed by atoms with Gasteiger partial charge in [0, 0.05) is 20.7 Å². The van der Waals surface area contributed by atoms with Crippen molar-refractivity contribution in [1.82, 2.24) is 5.43 Å². The van der Waals surface area contributed by atoms with Crippen LogP contribution in [0.2, 0.25) is 5.02 Å². The van der Waals surface area contributed by atoms with E-state index in [0.717, 1.165) is 5.56 Å².